The standard InChI is InChI=1S/C47H44N4O7.C31H31N3O2.C15H13BrN2O5.C13H10N2O5.C2H4Br2/c52-34-10-16-39-32(26-34)8-15-38(30-4-2-1-3-5-30)45(39)31-6-12-36(13-7-31)58-44-19-9-33(29-48-44)50-22-20-49(21-23-50)24-25-57-37-14-17-40-41(28-37)47(56)51(46(40)55)42-18-11-35(53)27-43(42)54;35-26-10-14-29-24(20-26)8-13-28(22-4-2-1-3-5-22)31(29)23-6-11-27(12-7-23)36-30-15-9-25(21-33-30)34-18-16-32-17-19-34;16-5-6-23-8-1-2-9-10(7-8)15(22)18(14(9)21)11-3-4-12(19)17-13(11)20;16-6-1-2-7-8(5-6)13(20)15(12(7)19)9-3-4-10(17)14-11(9)18;3-1-2-4/h1-7,9-10,12-14,16-17,19,26,28-29,38,42,45,52H,8,11,15,18,20-25,27H2;1-7,9-12,14-15,20-21,28,31-32,35H,8,13,16-19H2;1-2,7,11H,3-6H2,(H,17,19,20);1-2,5,9,16H,3-4H2,(H,14,17,18);1-2H2/t38-,42?,45+;28-,31+;;;/m11.../s1. The van der Waals surface area contributed by atoms with Gasteiger partial charge in [-0.2, -0.15) is 0 Å². The SMILES string of the molecule is BrCCBr.O=C1CCC(N2C(=O)c3ccc(O)cc3C2=O)C(=O)N1.O=C1CCC(N2C(=O)c3ccc(OCCBr)cc3C2=O)C(=O)N1.O=C1CCC(N2C(=O)c3ccc(OCCN4CCN(c5ccc(Oc6ccc([C@@H]7c8ccc(O)cc8CC[C@@H]7c7ccccc7)cc6)nc5)CC4)cc3C2=O)C(=O)C1.Oc1ccc2c(c1)CC[C@H](c1ccccc1)[C@@H]2c1ccc(Oc2ccc(N3CCNCC3)cn2)cc1. The second-order valence-electron chi connectivity index (χ2n) is 35.5. The highest BCUT2D eigenvalue weighted by molar-refractivity contribution is 9.12. The number of rotatable bonds is 21. The molecular formula is C108H102Br3N11O19. The van der Waals surface area contributed by atoms with Crippen LogP contribution < -0.4 is 44.7 Å². The van der Waals surface area contributed by atoms with Crippen LogP contribution in [0.25, 0.3) is 0 Å². The van der Waals surface area contributed by atoms with Gasteiger partial charge in [0.05, 0.1) is 76.2 Å². The molecule has 11 aromatic rings. The Labute approximate surface area is 838 Å². The van der Waals surface area contributed by atoms with Gasteiger partial charge in [-0.05, 0) is 217 Å². The van der Waals surface area contributed by atoms with Gasteiger partial charge in [0.2, 0.25) is 35.4 Å². The fourth-order valence-corrected chi connectivity index (χ4v) is 20.0. The quantitative estimate of drug-likeness (QED) is 0.0221. The van der Waals surface area contributed by atoms with Crippen LogP contribution in [0.15, 0.2) is 237 Å². The molecule has 10 aliphatic rings. The highest BCUT2D eigenvalue weighted by Gasteiger charge is 2.49. The van der Waals surface area contributed by atoms with Crippen LogP contribution in [0.3, 0.4) is 0 Å². The van der Waals surface area contributed by atoms with Crippen molar-refractivity contribution in [2.75, 3.05) is 97.9 Å². The van der Waals surface area contributed by atoms with Gasteiger partial charge in [-0.25, -0.2) is 9.97 Å². The number of nitrogens with one attached hydrogen (secondary N) is 3. The zero-order valence-electron chi connectivity index (χ0n) is 76.8. The lowest BCUT2D eigenvalue weighted by atomic mass is 9.69. The molecule has 0 spiro atoms. The molecule has 3 aliphatic carbocycles. The van der Waals surface area contributed by atoms with Crippen LogP contribution in [-0.4, -0.2) is 222 Å². The Balaban J connectivity index is 0.000000140. The lowest BCUT2D eigenvalue weighted by molar-refractivity contribution is -0.137. The van der Waals surface area contributed by atoms with Crippen molar-refractivity contribution in [3.8, 4) is 52.0 Å². The molecule has 724 valence electrons. The number of piperidine rings is 2. The van der Waals surface area contributed by atoms with Crippen LogP contribution in [0.4, 0.5) is 11.4 Å². The predicted molar refractivity (Wildman–Crippen MR) is 535 cm³/mol. The third-order valence-corrected chi connectivity index (χ3v) is 29.0. The van der Waals surface area contributed by atoms with E-state index in [0.717, 1.165) is 126 Å². The predicted octanol–water partition coefficient (Wildman–Crippen LogP) is 15.2. The number of aromatic hydroxyl groups is 3. The minimum absolute atomic E-state index is 0.0692. The molecule has 6 N–H and O–H groups in total. The molecule has 7 aliphatic heterocycles. The number of phenolic OH excluding ortho intramolecular Hbond substituents is 3. The summed E-state index contributed by atoms with van der Waals surface area (Å²) in [4.78, 5) is 165. The summed E-state index contributed by atoms with van der Waals surface area (Å²) in [6.45, 7) is 8.88. The van der Waals surface area contributed by atoms with Gasteiger partial charge in [0.15, 0.2) is 5.78 Å². The number of piperazine rings is 2. The summed E-state index contributed by atoms with van der Waals surface area (Å²) in [5, 5.41) is 40.0. The molecule has 9 heterocycles. The number of carbonyl (C=O) groups excluding carboxylic acids is 12. The second-order valence-corrected chi connectivity index (χ2v) is 37.8. The molecule has 33 heteroatoms. The number of carbonyl (C=O) groups is 12. The van der Waals surface area contributed by atoms with Crippen LogP contribution in [-0.2, 0) is 41.6 Å². The number of pyridine rings is 2. The summed E-state index contributed by atoms with van der Waals surface area (Å²) in [7, 11) is 0. The Kier molecular flexibility index (Phi) is 31.4. The number of phenols is 3. The minimum Gasteiger partial charge on any atom is -0.508 e. The third-order valence-electron chi connectivity index (χ3n) is 26.8. The van der Waals surface area contributed by atoms with E-state index in [1.807, 2.05) is 73.1 Å². The molecule has 141 heavy (non-hydrogen) atoms. The zero-order chi connectivity index (χ0) is 98.5. The Hall–Kier alpha value is -14.1. The molecule has 30 nitrogen and oxygen atoms in total. The maximum atomic E-state index is 13.2. The summed E-state index contributed by atoms with van der Waals surface area (Å²) in [6.07, 6.45) is 8.26. The molecule has 9 aromatic carbocycles. The number of hydrogen-bond acceptors (Lipinski definition) is 25. The molecular weight excluding hydrogens is 1990 g/mol. The highest BCUT2D eigenvalue weighted by atomic mass is 79.9. The number of ether oxygens (including phenoxy) is 4. The van der Waals surface area contributed by atoms with Crippen LogP contribution in [0.2, 0.25) is 0 Å². The van der Waals surface area contributed by atoms with Crippen molar-refractivity contribution >= 4 is 130 Å². The molecule has 0 radical (unpaired) electrons. The fourth-order valence-electron chi connectivity index (χ4n) is 19.9. The number of halogens is 3. The Bertz CT molecular complexity index is 6550. The lowest BCUT2D eigenvalue weighted by Crippen LogP contribution is -2.54. The van der Waals surface area contributed by atoms with Crippen LogP contribution in [0.5, 0.6) is 52.0 Å². The van der Waals surface area contributed by atoms with Gasteiger partial charge in [-0.3, -0.25) is 87.8 Å². The van der Waals surface area contributed by atoms with Crippen LogP contribution in [0.1, 0.15) is 188 Å². The first-order valence-corrected chi connectivity index (χ1v) is 50.4. The number of alkyl halides is 3. The van der Waals surface area contributed by atoms with E-state index in [1.54, 1.807) is 30.3 Å². The maximum Gasteiger partial charge on any atom is 0.262 e. The van der Waals surface area contributed by atoms with Crippen molar-refractivity contribution in [2.45, 2.75) is 112 Å². The Morgan fingerprint density at radius 3 is 1.20 bits per heavy atom. The van der Waals surface area contributed by atoms with Crippen molar-refractivity contribution in [1.29, 1.82) is 0 Å². The average molecular weight is 2100 g/mol. The molecule has 1 saturated carbocycles. The van der Waals surface area contributed by atoms with Gasteiger partial charge in [0, 0.05) is 118 Å². The van der Waals surface area contributed by atoms with Gasteiger partial charge < -0.3 is 49.4 Å². The molecule has 7 atom stereocenters. The third kappa shape index (κ3) is 22.5. The highest BCUT2D eigenvalue weighted by Crippen LogP contribution is 2.50. The molecule has 0 bridgehead atoms. The van der Waals surface area contributed by atoms with E-state index in [4.69, 9.17) is 18.9 Å². The van der Waals surface area contributed by atoms with Crippen molar-refractivity contribution in [3.05, 3.63) is 315 Å². The normalized spacial score (nSPS) is 20.2. The van der Waals surface area contributed by atoms with E-state index >= 15 is 0 Å². The molecule has 5 fully saturated rings. The van der Waals surface area contributed by atoms with Gasteiger partial charge in [0.25, 0.3) is 35.4 Å². The number of fused-ring (bicyclic) bond motifs is 5. The number of anilines is 2. The first kappa shape index (κ1) is 98.5. The van der Waals surface area contributed by atoms with E-state index in [1.165, 1.54) is 74.8 Å². The Morgan fingerprint density at radius 2 is 0.766 bits per heavy atom. The molecule has 21 rings (SSSR count). The van der Waals surface area contributed by atoms with E-state index in [0.29, 0.717) is 71.7 Å². The maximum absolute atomic E-state index is 13.2. The zero-order valence-corrected chi connectivity index (χ0v) is 81.6. The summed E-state index contributed by atoms with van der Waals surface area (Å²) >= 11 is 9.64. The summed E-state index contributed by atoms with van der Waals surface area (Å²) in [5.41, 5.74) is 13.5. The van der Waals surface area contributed by atoms with Crippen molar-refractivity contribution in [2.24, 2.45) is 0 Å². The first-order chi connectivity index (χ1) is 68.5. The van der Waals surface area contributed by atoms with Crippen molar-refractivity contribution < 1.29 is 91.8 Å². The first-order valence-electron chi connectivity index (χ1n) is 47.0. The molecule has 2 aromatic heterocycles. The number of hydrogen-bond donors (Lipinski definition) is 6. The Morgan fingerprint density at radius 1 is 0.362 bits per heavy atom. The number of Topliss-reactive ketones (excluding diaryl/α,β-unsaturated/α-hetero) is 2. The van der Waals surface area contributed by atoms with E-state index in [2.05, 4.69) is 192 Å². The van der Waals surface area contributed by atoms with E-state index in [9.17, 15) is 72.9 Å². The molecule has 4 saturated heterocycles. The van der Waals surface area contributed by atoms with E-state index in [-0.39, 0.29) is 107 Å². The summed E-state index contributed by atoms with van der Waals surface area (Å²) in [5.74, 6) is -0.701. The molecule has 10 amide bonds. The number of imide groups is 5. The van der Waals surface area contributed by atoms with Crippen molar-refractivity contribution in [1.82, 2.24) is 45.5 Å². The topological polar surface area (TPSA) is 384 Å². The lowest BCUT2D eigenvalue weighted by Gasteiger charge is -2.35. The number of aryl methyl sites for hydroxylation is 2. The largest absolute Gasteiger partial charge is 0.508 e. The fraction of sp³-hybridized carbons (Fsp3) is 0.296. The number of aromatic nitrogens is 2. The van der Waals surface area contributed by atoms with Crippen LogP contribution >= 0.6 is 47.8 Å². The van der Waals surface area contributed by atoms with Gasteiger partial charge in [-0.15, -0.1) is 0 Å². The number of amides is 10. The summed E-state index contributed by atoms with van der Waals surface area (Å²) in [6, 6.07) is 68.3. The average Bonchev–Trinajstić information content (AvgIpc) is 1.62. The summed E-state index contributed by atoms with van der Waals surface area (Å²) < 4.78 is 23.7. The monoisotopic (exact) mass is 2090 g/mol. The van der Waals surface area contributed by atoms with Crippen LogP contribution in [0, 0.1) is 0 Å². The van der Waals surface area contributed by atoms with Gasteiger partial charge >= 0.3 is 0 Å². The number of ketones is 2. The smallest absolute Gasteiger partial charge is 0.262 e. The second kappa shape index (κ2) is 45.0. The van der Waals surface area contributed by atoms with Gasteiger partial charge in [-0.1, -0.05) is 145 Å². The molecule has 3 unspecified atom stereocenters. The number of nitrogens with zero attached hydrogens (tertiary/aromatic N) is 8. The van der Waals surface area contributed by atoms with E-state index < -0.39 is 77.2 Å². The number of benzene rings is 9. The minimum atomic E-state index is -0.984. The van der Waals surface area contributed by atoms with Gasteiger partial charge in [0.1, 0.15) is 64.7 Å². The van der Waals surface area contributed by atoms with Crippen molar-refractivity contribution in [3.63, 3.8) is 0 Å².